The van der Waals surface area contributed by atoms with Crippen LogP contribution in [0.1, 0.15) is 27.2 Å². The zero-order chi connectivity index (χ0) is 13.4. The third-order valence-corrected chi connectivity index (χ3v) is 5.93. The highest BCUT2D eigenvalue weighted by molar-refractivity contribution is 8.01. The second kappa shape index (κ2) is 4.86. The molecule has 1 aliphatic heterocycles. The zero-order valence-electron chi connectivity index (χ0n) is 10.9. The molecule has 1 aliphatic rings. The lowest BCUT2D eigenvalue weighted by molar-refractivity contribution is 0.475. The topological polar surface area (TPSA) is 66.1 Å². The summed E-state index contributed by atoms with van der Waals surface area (Å²) in [5.74, 6) is 0. The highest BCUT2D eigenvalue weighted by atomic mass is 32.2. The molecule has 0 bridgehead atoms. The first kappa shape index (κ1) is 13.9. The van der Waals surface area contributed by atoms with Gasteiger partial charge in [-0.2, -0.15) is 16.1 Å². The molecule has 0 radical (unpaired) electrons. The maximum absolute atomic E-state index is 12.3. The van der Waals surface area contributed by atoms with Gasteiger partial charge in [0.2, 0.25) is 0 Å². The van der Waals surface area contributed by atoms with Crippen molar-refractivity contribution in [1.29, 1.82) is 0 Å². The minimum absolute atomic E-state index is 0.165. The van der Waals surface area contributed by atoms with Crippen LogP contribution in [0.4, 0.5) is 0 Å². The summed E-state index contributed by atoms with van der Waals surface area (Å²) in [6.07, 6.45) is 3.67. The summed E-state index contributed by atoms with van der Waals surface area (Å²) in [6, 6.07) is 0. The first-order valence-corrected chi connectivity index (χ1v) is 8.27. The summed E-state index contributed by atoms with van der Waals surface area (Å²) < 4.78 is 26.2. The fourth-order valence-electron chi connectivity index (χ4n) is 2.04. The summed E-state index contributed by atoms with van der Waals surface area (Å²) >= 11 is 1.85. The summed E-state index contributed by atoms with van der Waals surface area (Å²) in [7, 11) is -3.38. The average molecular weight is 289 g/mol. The minimum atomic E-state index is -3.38. The number of nitrogens with one attached hydrogen (secondary N) is 1. The molecule has 1 aromatic rings. The standard InChI is InChI=1S/C11H19N3O2S2/c1-11(2,3)17-9-4-5-14(7-9)18(15,16)10-6-12-8-13-10/h6,8-9H,4-5,7H2,1-3H3,(H,12,13)/t9-/m0/s1. The number of hydrogen-bond donors (Lipinski definition) is 1. The van der Waals surface area contributed by atoms with Gasteiger partial charge in [0, 0.05) is 23.1 Å². The molecule has 2 heterocycles. The molecule has 0 unspecified atom stereocenters. The third-order valence-electron chi connectivity index (χ3n) is 2.72. The van der Waals surface area contributed by atoms with Crippen LogP contribution in [0.3, 0.4) is 0 Å². The Hall–Kier alpha value is -0.530. The molecule has 0 saturated carbocycles. The maximum atomic E-state index is 12.3. The first-order chi connectivity index (χ1) is 8.29. The van der Waals surface area contributed by atoms with Crippen LogP contribution in [-0.2, 0) is 10.0 Å². The number of hydrogen-bond acceptors (Lipinski definition) is 4. The van der Waals surface area contributed by atoms with Gasteiger partial charge in [0.15, 0.2) is 5.03 Å². The smallest absolute Gasteiger partial charge is 0.260 e. The number of thioether (sulfide) groups is 1. The van der Waals surface area contributed by atoms with E-state index in [9.17, 15) is 8.42 Å². The van der Waals surface area contributed by atoms with Crippen molar-refractivity contribution < 1.29 is 8.42 Å². The number of nitrogens with zero attached hydrogens (tertiary/aromatic N) is 2. The number of aromatic amines is 1. The SMILES string of the molecule is CC(C)(C)S[C@H]1CCN(S(=O)(=O)c2cnc[nH]2)C1. The molecule has 2 rings (SSSR count). The van der Waals surface area contributed by atoms with E-state index in [0.717, 1.165) is 6.42 Å². The molecular weight excluding hydrogens is 270 g/mol. The Morgan fingerprint density at radius 2 is 2.22 bits per heavy atom. The lowest BCUT2D eigenvalue weighted by Crippen LogP contribution is -2.30. The first-order valence-electron chi connectivity index (χ1n) is 5.95. The molecule has 1 atom stereocenters. The van der Waals surface area contributed by atoms with Gasteiger partial charge < -0.3 is 4.98 Å². The molecule has 0 amide bonds. The second-order valence-corrected chi connectivity index (χ2v) is 9.45. The van der Waals surface area contributed by atoms with Crippen molar-refractivity contribution in [2.45, 2.75) is 42.2 Å². The van der Waals surface area contributed by atoms with Gasteiger partial charge in [-0.3, -0.25) is 0 Å². The highest BCUT2D eigenvalue weighted by Gasteiger charge is 2.35. The van der Waals surface area contributed by atoms with Crippen LogP contribution < -0.4 is 0 Å². The molecule has 18 heavy (non-hydrogen) atoms. The minimum Gasteiger partial charge on any atom is -0.335 e. The van der Waals surface area contributed by atoms with Gasteiger partial charge in [-0.1, -0.05) is 20.8 Å². The van der Waals surface area contributed by atoms with E-state index in [1.807, 2.05) is 11.8 Å². The predicted molar refractivity (Wildman–Crippen MR) is 73.1 cm³/mol. The lowest BCUT2D eigenvalue weighted by Gasteiger charge is -2.22. The van der Waals surface area contributed by atoms with E-state index >= 15 is 0 Å². The van der Waals surface area contributed by atoms with E-state index in [0.29, 0.717) is 18.3 Å². The van der Waals surface area contributed by atoms with Gasteiger partial charge in [-0.15, -0.1) is 0 Å². The van der Waals surface area contributed by atoms with Crippen molar-refractivity contribution in [3.63, 3.8) is 0 Å². The van der Waals surface area contributed by atoms with E-state index in [4.69, 9.17) is 0 Å². The Balaban J connectivity index is 2.05. The van der Waals surface area contributed by atoms with Gasteiger partial charge in [-0.25, -0.2) is 13.4 Å². The van der Waals surface area contributed by atoms with E-state index in [2.05, 4.69) is 30.7 Å². The Kier molecular flexibility index (Phi) is 3.75. The van der Waals surface area contributed by atoms with Crippen LogP contribution in [-0.4, -0.2) is 45.8 Å². The van der Waals surface area contributed by atoms with Crippen molar-refractivity contribution >= 4 is 21.8 Å². The van der Waals surface area contributed by atoms with Crippen LogP contribution in [0.25, 0.3) is 0 Å². The van der Waals surface area contributed by atoms with Crippen molar-refractivity contribution in [1.82, 2.24) is 14.3 Å². The van der Waals surface area contributed by atoms with E-state index in [1.165, 1.54) is 12.5 Å². The number of imidazole rings is 1. The van der Waals surface area contributed by atoms with Gasteiger partial charge in [-0.05, 0) is 6.42 Å². The second-order valence-electron chi connectivity index (χ2n) is 5.42. The van der Waals surface area contributed by atoms with Gasteiger partial charge in [0.1, 0.15) is 0 Å². The van der Waals surface area contributed by atoms with E-state index in [-0.39, 0.29) is 9.77 Å². The molecule has 5 nitrogen and oxygen atoms in total. The van der Waals surface area contributed by atoms with Crippen LogP contribution in [0.15, 0.2) is 17.6 Å². The summed E-state index contributed by atoms with van der Waals surface area (Å²) in [4.78, 5) is 6.44. The molecular formula is C11H19N3O2S2. The molecule has 7 heteroatoms. The van der Waals surface area contributed by atoms with Gasteiger partial charge >= 0.3 is 0 Å². The Morgan fingerprint density at radius 3 is 2.78 bits per heavy atom. The average Bonchev–Trinajstić information content (AvgIpc) is 2.82. The Morgan fingerprint density at radius 1 is 1.50 bits per heavy atom. The molecule has 1 N–H and O–H groups in total. The largest absolute Gasteiger partial charge is 0.335 e. The highest BCUT2D eigenvalue weighted by Crippen LogP contribution is 2.34. The van der Waals surface area contributed by atoms with Crippen LogP contribution in [0, 0.1) is 0 Å². The fourth-order valence-corrected chi connectivity index (χ4v) is 5.00. The van der Waals surface area contributed by atoms with Crippen LogP contribution in [0.5, 0.6) is 0 Å². The summed E-state index contributed by atoms with van der Waals surface area (Å²) in [6.45, 7) is 7.65. The maximum Gasteiger partial charge on any atom is 0.260 e. The number of aromatic nitrogens is 2. The molecule has 102 valence electrons. The molecule has 0 spiro atoms. The number of sulfonamides is 1. The number of rotatable bonds is 3. The molecule has 1 fully saturated rings. The van der Waals surface area contributed by atoms with Crippen LogP contribution in [0.2, 0.25) is 0 Å². The van der Waals surface area contributed by atoms with Gasteiger partial charge in [0.25, 0.3) is 10.0 Å². The van der Waals surface area contributed by atoms with E-state index in [1.54, 1.807) is 4.31 Å². The molecule has 1 saturated heterocycles. The summed E-state index contributed by atoms with van der Waals surface area (Å²) in [5.41, 5.74) is 0. The molecule has 0 aliphatic carbocycles. The van der Waals surface area contributed by atoms with Gasteiger partial charge in [0.05, 0.1) is 12.5 Å². The monoisotopic (exact) mass is 289 g/mol. The fraction of sp³-hybridized carbons (Fsp3) is 0.727. The van der Waals surface area contributed by atoms with Crippen molar-refractivity contribution in [3.8, 4) is 0 Å². The normalized spacial score (nSPS) is 22.5. The zero-order valence-corrected chi connectivity index (χ0v) is 12.5. The molecule has 1 aromatic heterocycles. The number of H-pyrrole nitrogens is 1. The van der Waals surface area contributed by atoms with Crippen molar-refractivity contribution in [3.05, 3.63) is 12.5 Å². The lowest BCUT2D eigenvalue weighted by atomic mass is 10.3. The Labute approximate surface area is 112 Å². The quantitative estimate of drug-likeness (QED) is 0.920. The Bertz CT molecular complexity index is 491. The van der Waals surface area contributed by atoms with Crippen molar-refractivity contribution in [2.75, 3.05) is 13.1 Å². The summed E-state index contributed by atoms with van der Waals surface area (Å²) in [5, 5.41) is 0.562. The van der Waals surface area contributed by atoms with Crippen LogP contribution >= 0.6 is 11.8 Å². The molecule has 0 aromatic carbocycles. The van der Waals surface area contributed by atoms with Crippen molar-refractivity contribution in [2.24, 2.45) is 0 Å². The van der Waals surface area contributed by atoms with E-state index < -0.39 is 10.0 Å². The third kappa shape index (κ3) is 3.07. The predicted octanol–water partition coefficient (Wildman–Crippen LogP) is 1.70.